The van der Waals surface area contributed by atoms with Crippen molar-refractivity contribution in [3.8, 4) is 0 Å². The van der Waals surface area contributed by atoms with E-state index in [-0.39, 0.29) is 0 Å². The topological polar surface area (TPSA) is 0 Å². The van der Waals surface area contributed by atoms with Crippen LogP contribution >= 0.6 is 45.3 Å². The highest BCUT2D eigenvalue weighted by molar-refractivity contribution is 7.12. The Balaban J connectivity index is 1.43. The maximum atomic E-state index is 2.58. The molecule has 0 atom stereocenters. The van der Waals surface area contributed by atoms with E-state index >= 15 is 0 Å². The third kappa shape index (κ3) is 10.7. The van der Waals surface area contributed by atoms with Crippen LogP contribution in [0.1, 0.15) is 138 Å². The molecule has 4 heterocycles. The normalized spacial score (nSPS) is 12.4. The molecule has 0 saturated heterocycles. The van der Waals surface area contributed by atoms with Crippen LogP contribution < -0.4 is 0 Å². The fourth-order valence-electron chi connectivity index (χ4n) is 7.14. The van der Waals surface area contributed by atoms with Crippen molar-refractivity contribution < 1.29 is 0 Å². The summed E-state index contributed by atoms with van der Waals surface area (Å²) in [5.41, 5.74) is 11.0. The van der Waals surface area contributed by atoms with Crippen molar-refractivity contribution in [1.29, 1.82) is 0 Å². The number of thiophene rings is 4. The summed E-state index contributed by atoms with van der Waals surface area (Å²) in [4.78, 5) is 5.27. The van der Waals surface area contributed by atoms with Crippen LogP contribution in [0.3, 0.4) is 0 Å². The van der Waals surface area contributed by atoms with Gasteiger partial charge in [-0.15, -0.1) is 45.3 Å². The molecule has 0 amide bonds. The lowest BCUT2D eigenvalue weighted by Gasteiger charge is -2.20. The van der Waals surface area contributed by atoms with E-state index in [1.165, 1.54) is 141 Å². The van der Waals surface area contributed by atoms with Gasteiger partial charge in [0.2, 0.25) is 0 Å². The fourth-order valence-corrected chi connectivity index (χ4v) is 10.1. The number of rotatable bonds is 21. The maximum absolute atomic E-state index is 2.58. The van der Waals surface area contributed by atoms with Crippen LogP contribution in [0.25, 0.3) is 22.8 Å². The fraction of sp³-hybridized carbons (Fsp3) is 0.333. The molecule has 0 aliphatic heterocycles. The van der Waals surface area contributed by atoms with Crippen molar-refractivity contribution >= 4 is 68.1 Å². The lowest BCUT2D eigenvalue weighted by molar-refractivity contribution is 0.605. The average Bonchev–Trinajstić information content (AvgIpc) is 4.02. The van der Waals surface area contributed by atoms with Crippen LogP contribution in [-0.2, 0) is 12.8 Å². The zero-order valence-electron chi connectivity index (χ0n) is 31.1. The summed E-state index contributed by atoms with van der Waals surface area (Å²) in [7, 11) is 0. The first-order valence-corrected chi connectivity index (χ1v) is 23.1. The van der Waals surface area contributed by atoms with E-state index in [2.05, 4.69) is 132 Å². The molecular formula is C48H54S4. The van der Waals surface area contributed by atoms with Gasteiger partial charge < -0.3 is 0 Å². The zero-order valence-corrected chi connectivity index (χ0v) is 34.3. The van der Waals surface area contributed by atoms with Gasteiger partial charge in [0.1, 0.15) is 0 Å². The molecule has 0 aliphatic rings. The lowest BCUT2D eigenvalue weighted by Crippen LogP contribution is -2.01. The Morgan fingerprint density at radius 1 is 0.481 bits per heavy atom. The summed E-state index contributed by atoms with van der Waals surface area (Å²) < 4.78 is 0. The summed E-state index contributed by atoms with van der Waals surface area (Å²) in [6, 6.07) is 34.8. The standard InChI is InChI=1S/C48H54S4/c1-3-5-7-9-11-13-19-37-25-26-38(20-14-12-10-8-6-4-2)43(35-37)48(46-24-18-34-52-46)47(45-23-17-33-51-45)40-29-27-39(28-30-40)42(44-22-16-32-50-44)36-41-21-15-31-49-41/h15-18,21-36H,3-14,19-20H2,1-2H3/b42-36-,48-47-. The van der Waals surface area contributed by atoms with Gasteiger partial charge in [0.25, 0.3) is 0 Å². The van der Waals surface area contributed by atoms with Gasteiger partial charge >= 0.3 is 0 Å². The number of hydrogen-bond acceptors (Lipinski definition) is 4. The first-order chi connectivity index (χ1) is 25.7. The van der Waals surface area contributed by atoms with E-state index in [0.29, 0.717) is 0 Å². The Hall–Kier alpha value is -3.28. The molecule has 4 heteroatoms. The van der Waals surface area contributed by atoms with Crippen molar-refractivity contribution in [2.75, 3.05) is 0 Å². The molecule has 0 unspecified atom stereocenters. The van der Waals surface area contributed by atoms with Crippen LogP contribution in [0.5, 0.6) is 0 Å². The minimum Gasteiger partial charge on any atom is -0.144 e. The monoisotopic (exact) mass is 758 g/mol. The molecule has 270 valence electrons. The maximum Gasteiger partial charge on any atom is 0.0355 e. The largest absolute Gasteiger partial charge is 0.144 e. The smallest absolute Gasteiger partial charge is 0.0355 e. The van der Waals surface area contributed by atoms with E-state index in [0.717, 1.165) is 12.8 Å². The van der Waals surface area contributed by atoms with Gasteiger partial charge in [0.05, 0.1) is 0 Å². The van der Waals surface area contributed by atoms with Gasteiger partial charge in [-0.25, -0.2) is 0 Å². The number of benzene rings is 2. The molecule has 0 bridgehead atoms. The summed E-state index contributed by atoms with van der Waals surface area (Å²) in [6.07, 6.45) is 20.5. The second kappa shape index (κ2) is 20.8. The molecule has 6 aromatic rings. The van der Waals surface area contributed by atoms with Gasteiger partial charge in [-0.05, 0) is 105 Å². The average molecular weight is 759 g/mol. The quantitative estimate of drug-likeness (QED) is 0.0506. The van der Waals surface area contributed by atoms with Gasteiger partial charge in [0.15, 0.2) is 0 Å². The number of unbranched alkanes of at least 4 members (excludes halogenated alkanes) is 10. The lowest BCUT2D eigenvalue weighted by atomic mass is 9.86. The van der Waals surface area contributed by atoms with Gasteiger partial charge in [0, 0.05) is 36.2 Å². The van der Waals surface area contributed by atoms with Gasteiger partial charge in [-0.3, -0.25) is 0 Å². The first kappa shape index (κ1) is 38.4. The van der Waals surface area contributed by atoms with Crippen molar-refractivity contribution in [3.05, 3.63) is 160 Å². The van der Waals surface area contributed by atoms with E-state index in [4.69, 9.17) is 0 Å². The van der Waals surface area contributed by atoms with Crippen molar-refractivity contribution in [3.63, 3.8) is 0 Å². The highest BCUT2D eigenvalue weighted by Crippen LogP contribution is 2.42. The molecule has 0 saturated carbocycles. The van der Waals surface area contributed by atoms with E-state index in [1.807, 2.05) is 34.0 Å². The van der Waals surface area contributed by atoms with Gasteiger partial charge in [-0.1, -0.05) is 145 Å². The van der Waals surface area contributed by atoms with E-state index in [1.54, 1.807) is 11.3 Å². The van der Waals surface area contributed by atoms with Crippen LogP contribution in [0.2, 0.25) is 0 Å². The molecule has 0 fully saturated rings. The third-order valence-corrected chi connectivity index (χ3v) is 13.4. The second-order valence-corrected chi connectivity index (χ2v) is 17.7. The Morgan fingerprint density at radius 3 is 1.62 bits per heavy atom. The molecule has 0 radical (unpaired) electrons. The predicted octanol–water partition coefficient (Wildman–Crippen LogP) is 16.3. The second-order valence-electron chi connectivity index (χ2n) is 13.9. The Kier molecular flexibility index (Phi) is 15.4. The summed E-state index contributed by atoms with van der Waals surface area (Å²) >= 11 is 7.34. The first-order valence-electron chi connectivity index (χ1n) is 19.6. The number of hydrogen-bond donors (Lipinski definition) is 0. The molecule has 0 nitrogen and oxygen atoms in total. The van der Waals surface area contributed by atoms with Crippen molar-refractivity contribution in [2.45, 2.75) is 104 Å². The van der Waals surface area contributed by atoms with Crippen molar-refractivity contribution in [2.24, 2.45) is 0 Å². The molecule has 6 rings (SSSR count). The summed E-state index contributed by atoms with van der Waals surface area (Å²) in [6.45, 7) is 4.61. The highest BCUT2D eigenvalue weighted by Gasteiger charge is 2.21. The summed E-state index contributed by atoms with van der Waals surface area (Å²) in [5, 5.41) is 8.83. The zero-order chi connectivity index (χ0) is 35.8. The SMILES string of the molecule is CCCCCCCCc1ccc(CCCCCCCC)c(/C(=C(\c2ccc(/C(=C/c3cccs3)c3cccs3)cc2)c2cccs2)c2cccs2)c1. The minimum atomic E-state index is 1.13. The molecule has 4 aromatic heterocycles. The van der Waals surface area contributed by atoms with Crippen molar-refractivity contribution in [1.82, 2.24) is 0 Å². The van der Waals surface area contributed by atoms with Crippen LogP contribution in [0, 0.1) is 0 Å². The predicted molar refractivity (Wildman–Crippen MR) is 236 cm³/mol. The minimum absolute atomic E-state index is 1.13. The van der Waals surface area contributed by atoms with E-state index < -0.39 is 0 Å². The highest BCUT2D eigenvalue weighted by atomic mass is 32.1. The summed E-state index contributed by atoms with van der Waals surface area (Å²) in [5.74, 6) is 0. The molecule has 0 N–H and O–H groups in total. The molecule has 52 heavy (non-hydrogen) atoms. The van der Waals surface area contributed by atoms with Crippen LogP contribution in [0.4, 0.5) is 0 Å². The van der Waals surface area contributed by atoms with Crippen LogP contribution in [0.15, 0.2) is 113 Å². The van der Waals surface area contributed by atoms with Crippen LogP contribution in [-0.4, -0.2) is 0 Å². The molecule has 0 spiro atoms. The Morgan fingerprint density at radius 2 is 1.02 bits per heavy atom. The molecule has 0 aliphatic carbocycles. The molecule has 2 aromatic carbocycles. The van der Waals surface area contributed by atoms with E-state index in [9.17, 15) is 0 Å². The Bertz CT molecular complexity index is 1920. The molecular weight excluding hydrogens is 705 g/mol. The van der Waals surface area contributed by atoms with Gasteiger partial charge in [-0.2, -0.15) is 0 Å². The number of aryl methyl sites for hydroxylation is 2. The third-order valence-electron chi connectivity index (χ3n) is 9.95. The Labute approximate surface area is 329 Å².